The third kappa shape index (κ3) is 4.27. The third-order valence-electron chi connectivity index (χ3n) is 2.34. The van der Waals surface area contributed by atoms with E-state index in [1.54, 1.807) is 0 Å². The number of benzene rings is 1. The molecular formula is C10H10Cl2N2O6S. The van der Waals surface area contributed by atoms with Gasteiger partial charge in [0.2, 0.25) is 10.0 Å². The molecular weight excluding hydrogens is 347 g/mol. The van der Waals surface area contributed by atoms with Crippen LogP contribution in [0.5, 0.6) is 0 Å². The fourth-order valence-corrected chi connectivity index (χ4v) is 3.66. The molecule has 8 nitrogen and oxygen atoms in total. The van der Waals surface area contributed by atoms with E-state index in [-0.39, 0.29) is 5.02 Å². The van der Waals surface area contributed by atoms with Crippen molar-refractivity contribution in [3.8, 4) is 0 Å². The summed E-state index contributed by atoms with van der Waals surface area (Å²) in [4.78, 5) is 19.9. The largest absolute Gasteiger partial charge is 0.481 e. The van der Waals surface area contributed by atoms with Crippen LogP contribution in [-0.4, -0.2) is 30.5 Å². The van der Waals surface area contributed by atoms with Crippen molar-refractivity contribution in [3.63, 3.8) is 0 Å². The first-order valence-electron chi connectivity index (χ1n) is 5.42. The topological polar surface area (TPSA) is 127 Å². The van der Waals surface area contributed by atoms with Crippen LogP contribution < -0.4 is 4.72 Å². The molecule has 116 valence electrons. The van der Waals surface area contributed by atoms with Gasteiger partial charge in [0.05, 0.1) is 11.3 Å². The smallest absolute Gasteiger partial charge is 0.307 e. The van der Waals surface area contributed by atoms with E-state index in [2.05, 4.69) is 4.72 Å². The Morgan fingerprint density at radius 1 is 1.48 bits per heavy atom. The van der Waals surface area contributed by atoms with Gasteiger partial charge in [-0.3, -0.25) is 14.9 Å². The molecule has 1 atom stereocenters. The van der Waals surface area contributed by atoms with Crippen LogP contribution in [0.4, 0.5) is 5.69 Å². The van der Waals surface area contributed by atoms with Crippen LogP contribution in [0.1, 0.15) is 13.3 Å². The molecule has 1 unspecified atom stereocenters. The Labute approximate surface area is 129 Å². The maximum Gasteiger partial charge on any atom is 0.307 e. The minimum absolute atomic E-state index is 0.303. The molecule has 1 aromatic carbocycles. The summed E-state index contributed by atoms with van der Waals surface area (Å²) in [6.07, 6.45) is -0.452. The monoisotopic (exact) mass is 356 g/mol. The number of nitrogens with one attached hydrogen (secondary N) is 1. The van der Waals surface area contributed by atoms with Gasteiger partial charge >= 0.3 is 11.7 Å². The molecule has 0 bridgehead atoms. The number of halogens is 2. The average molecular weight is 357 g/mol. The molecule has 0 aliphatic carbocycles. The molecule has 11 heteroatoms. The maximum absolute atomic E-state index is 12.1. The molecule has 1 rings (SSSR count). The summed E-state index contributed by atoms with van der Waals surface area (Å²) in [6, 6.07) is 1.12. The van der Waals surface area contributed by atoms with Crippen molar-refractivity contribution in [2.75, 3.05) is 0 Å². The predicted molar refractivity (Wildman–Crippen MR) is 75.2 cm³/mol. The highest BCUT2D eigenvalue weighted by atomic mass is 35.5. The zero-order valence-electron chi connectivity index (χ0n) is 10.5. The fourth-order valence-electron chi connectivity index (χ4n) is 1.53. The molecule has 0 aromatic heterocycles. The number of nitro benzene ring substituents is 1. The second-order valence-electron chi connectivity index (χ2n) is 4.09. The number of hydrogen-bond acceptors (Lipinski definition) is 5. The van der Waals surface area contributed by atoms with Gasteiger partial charge in [-0.2, -0.15) is 0 Å². The number of aliphatic carboxylic acids is 1. The van der Waals surface area contributed by atoms with E-state index in [0.717, 1.165) is 12.1 Å². The zero-order valence-corrected chi connectivity index (χ0v) is 12.9. The van der Waals surface area contributed by atoms with Crippen molar-refractivity contribution in [2.24, 2.45) is 0 Å². The number of nitrogens with zero attached hydrogens (tertiary/aromatic N) is 1. The van der Waals surface area contributed by atoms with Gasteiger partial charge in [-0.25, -0.2) is 13.1 Å². The lowest BCUT2D eigenvalue weighted by Gasteiger charge is -2.13. The van der Waals surface area contributed by atoms with Crippen molar-refractivity contribution < 1.29 is 23.2 Å². The number of rotatable bonds is 6. The van der Waals surface area contributed by atoms with E-state index in [9.17, 15) is 23.3 Å². The standard InChI is InChI=1S/C10H10Cl2N2O6S/c1-5(4-8(15)16)13-21(19,20)7-3-2-6(11)10(9(7)12)14(17)18/h2-3,5,13H,4H2,1H3,(H,15,16). The van der Waals surface area contributed by atoms with Gasteiger partial charge in [0.1, 0.15) is 14.9 Å². The number of sulfonamides is 1. The predicted octanol–water partition coefficient (Wildman–Crippen LogP) is 2.04. The van der Waals surface area contributed by atoms with E-state index in [1.807, 2.05) is 0 Å². The van der Waals surface area contributed by atoms with Gasteiger partial charge in [-0.15, -0.1) is 0 Å². The minimum atomic E-state index is -4.22. The summed E-state index contributed by atoms with van der Waals surface area (Å²) < 4.78 is 26.2. The second-order valence-corrected chi connectivity index (χ2v) is 6.55. The van der Waals surface area contributed by atoms with Crippen LogP contribution in [0, 0.1) is 10.1 Å². The van der Waals surface area contributed by atoms with E-state index >= 15 is 0 Å². The van der Waals surface area contributed by atoms with Crippen molar-refractivity contribution >= 4 is 44.9 Å². The molecule has 0 amide bonds. The Bertz CT molecular complexity index is 691. The van der Waals surface area contributed by atoms with Crippen LogP contribution in [0.25, 0.3) is 0 Å². The Hall–Kier alpha value is -1.42. The van der Waals surface area contributed by atoms with Gasteiger partial charge in [0.15, 0.2) is 0 Å². The van der Waals surface area contributed by atoms with Gasteiger partial charge in [-0.05, 0) is 19.1 Å². The van der Waals surface area contributed by atoms with E-state index in [4.69, 9.17) is 28.3 Å². The number of carbonyl (C=O) groups is 1. The van der Waals surface area contributed by atoms with Gasteiger partial charge in [-0.1, -0.05) is 23.2 Å². The van der Waals surface area contributed by atoms with E-state index in [1.165, 1.54) is 6.92 Å². The average Bonchev–Trinajstić information content (AvgIpc) is 2.25. The van der Waals surface area contributed by atoms with Crippen molar-refractivity contribution in [2.45, 2.75) is 24.3 Å². The summed E-state index contributed by atoms with van der Waals surface area (Å²) >= 11 is 11.3. The molecule has 0 aliphatic rings. The van der Waals surface area contributed by atoms with Gasteiger partial charge in [0, 0.05) is 6.04 Å². The first-order valence-corrected chi connectivity index (χ1v) is 7.66. The highest BCUT2D eigenvalue weighted by Gasteiger charge is 2.28. The molecule has 0 aliphatic heterocycles. The Kier molecular flexibility index (Phi) is 5.51. The Balaban J connectivity index is 3.24. The molecule has 1 aromatic rings. The van der Waals surface area contributed by atoms with Crippen molar-refractivity contribution in [1.82, 2.24) is 4.72 Å². The first kappa shape index (κ1) is 17.6. The highest BCUT2D eigenvalue weighted by Crippen LogP contribution is 2.37. The molecule has 0 spiro atoms. The van der Waals surface area contributed by atoms with Crippen LogP contribution in [0.2, 0.25) is 10.0 Å². The summed E-state index contributed by atoms with van der Waals surface area (Å²) in [7, 11) is -4.22. The number of hydrogen-bond donors (Lipinski definition) is 2. The lowest BCUT2D eigenvalue weighted by molar-refractivity contribution is -0.384. The minimum Gasteiger partial charge on any atom is -0.481 e. The Morgan fingerprint density at radius 3 is 2.52 bits per heavy atom. The highest BCUT2D eigenvalue weighted by molar-refractivity contribution is 7.89. The van der Waals surface area contributed by atoms with Crippen LogP contribution >= 0.6 is 23.2 Å². The zero-order chi connectivity index (χ0) is 16.4. The molecule has 0 saturated carbocycles. The Morgan fingerprint density at radius 2 is 2.05 bits per heavy atom. The fraction of sp³-hybridized carbons (Fsp3) is 0.300. The molecule has 0 radical (unpaired) electrons. The van der Waals surface area contributed by atoms with Crippen LogP contribution in [0.3, 0.4) is 0 Å². The summed E-state index contributed by atoms with van der Waals surface area (Å²) in [6.45, 7) is 1.34. The van der Waals surface area contributed by atoms with Crippen LogP contribution in [0.15, 0.2) is 17.0 Å². The molecule has 2 N–H and O–H groups in total. The first-order chi connectivity index (χ1) is 9.56. The SMILES string of the molecule is CC(CC(=O)O)NS(=O)(=O)c1ccc(Cl)c([N+](=O)[O-])c1Cl. The summed E-state index contributed by atoms with van der Waals surface area (Å²) in [5.74, 6) is -1.20. The molecule has 21 heavy (non-hydrogen) atoms. The molecule has 0 fully saturated rings. The second kappa shape index (κ2) is 6.56. The van der Waals surface area contributed by atoms with Gasteiger partial charge in [0.25, 0.3) is 0 Å². The normalized spacial score (nSPS) is 12.9. The summed E-state index contributed by atoms with van der Waals surface area (Å²) in [5, 5.41) is 18.5. The number of carboxylic acids is 1. The van der Waals surface area contributed by atoms with Crippen LogP contribution in [-0.2, 0) is 14.8 Å². The lowest BCUT2D eigenvalue weighted by atomic mass is 10.3. The van der Waals surface area contributed by atoms with Gasteiger partial charge < -0.3 is 5.11 Å². The summed E-state index contributed by atoms with van der Waals surface area (Å²) in [5.41, 5.74) is -0.730. The third-order valence-corrected chi connectivity index (χ3v) is 4.77. The lowest BCUT2D eigenvalue weighted by Crippen LogP contribution is -2.34. The van der Waals surface area contributed by atoms with E-state index < -0.39 is 49.0 Å². The van der Waals surface area contributed by atoms with Crippen molar-refractivity contribution in [3.05, 3.63) is 32.3 Å². The maximum atomic E-state index is 12.1. The number of carboxylic acid groups (broad SMARTS) is 1. The van der Waals surface area contributed by atoms with E-state index in [0.29, 0.717) is 0 Å². The number of nitro groups is 1. The molecule has 0 saturated heterocycles. The molecule has 0 heterocycles. The quantitative estimate of drug-likeness (QED) is 0.593. The van der Waals surface area contributed by atoms with Crippen molar-refractivity contribution in [1.29, 1.82) is 0 Å².